The fraction of sp³-hybridized carbons (Fsp3) is 0.111. The van der Waals surface area contributed by atoms with E-state index in [2.05, 4.69) is 54.0 Å². The summed E-state index contributed by atoms with van der Waals surface area (Å²) in [6.45, 7) is 4.20. The molecule has 0 amide bonds. The van der Waals surface area contributed by atoms with Gasteiger partial charge >= 0.3 is 0 Å². The summed E-state index contributed by atoms with van der Waals surface area (Å²) in [5, 5.41) is 1.23. The van der Waals surface area contributed by atoms with Crippen LogP contribution in [-0.4, -0.2) is 4.57 Å². The Morgan fingerprint density at radius 2 is 1.80 bits per heavy atom. The van der Waals surface area contributed by atoms with Gasteiger partial charge in [0, 0.05) is 28.0 Å². The SMILES string of the molecule is C/C=C\c1c(C)n(-c2ccccc2)c2cc(N)ccc12. The average molecular weight is 262 g/mol. The van der Waals surface area contributed by atoms with Crippen LogP contribution < -0.4 is 5.73 Å². The Labute approximate surface area is 119 Å². The molecule has 0 unspecified atom stereocenters. The van der Waals surface area contributed by atoms with Crippen LogP contribution in [0.2, 0.25) is 0 Å². The van der Waals surface area contributed by atoms with Crippen LogP contribution in [0.1, 0.15) is 18.2 Å². The van der Waals surface area contributed by atoms with Gasteiger partial charge in [-0.2, -0.15) is 0 Å². The molecule has 2 heteroatoms. The van der Waals surface area contributed by atoms with Crippen molar-refractivity contribution in [3.63, 3.8) is 0 Å². The quantitative estimate of drug-likeness (QED) is 0.675. The molecule has 0 saturated heterocycles. The second kappa shape index (κ2) is 4.89. The zero-order valence-corrected chi connectivity index (χ0v) is 11.8. The molecule has 0 bridgehead atoms. The first-order chi connectivity index (χ1) is 9.72. The predicted molar refractivity (Wildman–Crippen MR) is 87.1 cm³/mol. The van der Waals surface area contributed by atoms with Crippen molar-refractivity contribution in [1.29, 1.82) is 0 Å². The minimum absolute atomic E-state index is 0.791. The number of allylic oxidation sites excluding steroid dienone is 1. The molecule has 2 nitrogen and oxygen atoms in total. The largest absolute Gasteiger partial charge is 0.399 e. The number of nitrogens with zero attached hydrogens (tertiary/aromatic N) is 1. The van der Waals surface area contributed by atoms with Gasteiger partial charge in [0.1, 0.15) is 0 Å². The number of hydrogen-bond donors (Lipinski definition) is 1. The van der Waals surface area contributed by atoms with E-state index in [-0.39, 0.29) is 0 Å². The third-order valence-electron chi connectivity index (χ3n) is 3.63. The lowest BCUT2D eigenvalue weighted by atomic mass is 10.1. The van der Waals surface area contributed by atoms with Crippen LogP contribution >= 0.6 is 0 Å². The van der Waals surface area contributed by atoms with E-state index in [1.54, 1.807) is 0 Å². The fourth-order valence-electron chi connectivity index (χ4n) is 2.74. The summed E-state index contributed by atoms with van der Waals surface area (Å²) in [5.74, 6) is 0. The molecule has 0 fully saturated rings. The molecule has 3 rings (SSSR count). The van der Waals surface area contributed by atoms with Crippen LogP contribution in [0.15, 0.2) is 54.6 Å². The van der Waals surface area contributed by atoms with Gasteiger partial charge in [-0.15, -0.1) is 0 Å². The van der Waals surface area contributed by atoms with Crippen molar-refractivity contribution in [2.45, 2.75) is 13.8 Å². The number of aromatic nitrogens is 1. The van der Waals surface area contributed by atoms with Gasteiger partial charge < -0.3 is 10.3 Å². The van der Waals surface area contributed by atoms with Crippen molar-refractivity contribution in [3.8, 4) is 5.69 Å². The molecular weight excluding hydrogens is 244 g/mol. The number of hydrogen-bond acceptors (Lipinski definition) is 1. The summed E-state index contributed by atoms with van der Waals surface area (Å²) in [7, 11) is 0. The number of anilines is 1. The van der Waals surface area contributed by atoms with E-state index in [1.165, 1.54) is 16.6 Å². The van der Waals surface area contributed by atoms with E-state index < -0.39 is 0 Å². The second-order valence-corrected chi connectivity index (χ2v) is 4.95. The highest BCUT2D eigenvalue weighted by Crippen LogP contribution is 2.31. The van der Waals surface area contributed by atoms with E-state index in [1.807, 2.05) is 25.1 Å². The first-order valence-corrected chi connectivity index (χ1v) is 6.81. The first-order valence-electron chi connectivity index (χ1n) is 6.81. The van der Waals surface area contributed by atoms with E-state index >= 15 is 0 Å². The molecule has 3 aromatic rings. The monoisotopic (exact) mass is 262 g/mol. The van der Waals surface area contributed by atoms with Gasteiger partial charge in [-0.25, -0.2) is 0 Å². The zero-order valence-electron chi connectivity index (χ0n) is 11.8. The maximum Gasteiger partial charge on any atom is 0.0558 e. The summed E-state index contributed by atoms with van der Waals surface area (Å²) in [5.41, 5.74) is 11.6. The molecule has 0 aliphatic carbocycles. The summed E-state index contributed by atoms with van der Waals surface area (Å²) < 4.78 is 2.26. The van der Waals surface area contributed by atoms with Gasteiger partial charge in [0.2, 0.25) is 0 Å². The van der Waals surface area contributed by atoms with Crippen LogP contribution in [0.4, 0.5) is 5.69 Å². The van der Waals surface area contributed by atoms with Crippen molar-refractivity contribution < 1.29 is 0 Å². The molecule has 20 heavy (non-hydrogen) atoms. The van der Waals surface area contributed by atoms with Crippen LogP contribution in [0.5, 0.6) is 0 Å². The van der Waals surface area contributed by atoms with E-state index in [0.717, 1.165) is 16.9 Å². The molecular formula is C18H18N2. The van der Waals surface area contributed by atoms with Crippen molar-refractivity contribution in [2.75, 3.05) is 5.73 Å². The number of nitrogen functional groups attached to an aromatic ring is 1. The summed E-state index contributed by atoms with van der Waals surface area (Å²) >= 11 is 0. The lowest BCUT2D eigenvalue weighted by Crippen LogP contribution is -1.96. The van der Waals surface area contributed by atoms with Crippen molar-refractivity contribution in [3.05, 3.63) is 65.9 Å². The van der Waals surface area contributed by atoms with Crippen LogP contribution in [0.25, 0.3) is 22.7 Å². The zero-order chi connectivity index (χ0) is 14.1. The molecule has 0 aliphatic heterocycles. The molecule has 0 radical (unpaired) electrons. The second-order valence-electron chi connectivity index (χ2n) is 4.95. The minimum atomic E-state index is 0.791. The topological polar surface area (TPSA) is 30.9 Å². The van der Waals surface area contributed by atoms with Gasteiger partial charge in [0.15, 0.2) is 0 Å². The summed E-state index contributed by atoms with van der Waals surface area (Å²) in [4.78, 5) is 0. The lowest BCUT2D eigenvalue weighted by Gasteiger charge is -2.08. The number of rotatable bonds is 2. The Kier molecular flexibility index (Phi) is 3.07. The van der Waals surface area contributed by atoms with Crippen molar-refractivity contribution in [1.82, 2.24) is 4.57 Å². The van der Waals surface area contributed by atoms with E-state index in [4.69, 9.17) is 5.73 Å². The van der Waals surface area contributed by atoms with Gasteiger partial charge in [0.05, 0.1) is 5.52 Å². The molecule has 0 saturated carbocycles. The van der Waals surface area contributed by atoms with Crippen LogP contribution in [0.3, 0.4) is 0 Å². The molecule has 1 heterocycles. The van der Waals surface area contributed by atoms with Gasteiger partial charge in [0.25, 0.3) is 0 Å². The number of fused-ring (bicyclic) bond motifs is 1. The fourth-order valence-corrected chi connectivity index (χ4v) is 2.74. The highest BCUT2D eigenvalue weighted by atomic mass is 15.0. The highest BCUT2D eigenvalue weighted by molar-refractivity contribution is 5.94. The Morgan fingerprint density at radius 3 is 2.50 bits per heavy atom. The summed E-state index contributed by atoms with van der Waals surface area (Å²) in [6.07, 6.45) is 4.24. The standard InChI is InChI=1S/C18H18N2/c1-3-7-16-13(2)20(15-8-5-4-6-9-15)18-12-14(19)10-11-17(16)18/h3-12H,19H2,1-2H3/b7-3-. The van der Waals surface area contributed by atoms with E-state index in [0.29, 0.717) is 0 Å². The normalized spacial score (nSPS) is 11.5. The third kappa shape index (κ3) is 1.90. The van der Waals surface area contributed by atoms with Crippen molar-refractivity contribution >= 4 is 22.7 Å². The lowest BCUT2D eigenvalue weighted by molar-refractivity contribution is 1.05. The number of benzene rings is 2. The van der Waals surface area contributed by atoms with E-state index in [9.17, 15) is 0 Å². The van der Waals surface area contributed by atoms with Crippen LogP contribution in [-0.2, 0) is 0 Å². The average Bonchev–Trinajstić information content (AvgIpc) is 2.72. The van der Waals surface area contributed by atoms with Gasteiger partial charge in [-0.3, -0.25) is 0 Å². The summed E-state index contributed by atoms with van der Waals surface area (Å²) in [6, 6.07) is 16.5. The number of para-hydroxylation sites is 1. The van der Waals surface area contributed by atoms with Gasteiger partial charge in [-0.1, -0.05) is 36.4 Å². The molecule has 100 valence electrons. The van der Waals surface area contributed by atoms with Gasteiger partial charge in [-0.05, 0) is 38.1 Å². The maximum atomic E-state index is 5.97. The molecule has 0 atom stereocenters. The number of nitrogens with two attached hydrogens (primary N) is 1. The van der Waals surface area contributed by atoms with Crippen molar-refractivity contribution in [2.24, 2.45) is 0 Å². The van der Waals surface area contributed by atoms with Crippen LogP contribution in [0, 0.1) is 6.92 Å². The smallest absolute Gasteiger partial charge is 0.0558 e. The molecule has 2 N–H and O–H groups in total. The predicted octanol–water partition coefficient (Wildman–Crippen LogP) is 4.55. The Balaban J connectivity index is 2.42. The Hall–Kier alpha value is -2.48. The first kappa shape index (κ1) is 12.5. The molecule has 1 aromatic heterocycles. The third-order valence-corrected chi connectivity index (χ3v) is 3.63. The highest BCUT2D eigenvalue weighted by Gasteiger charge is 2.13. The molecule has 0 spiro atoms. The maximum absolute atomic E-state index is 5.97. The molecule has 0 aliphatic rings. The Morgan fingerprint density at radius 1 is 1.05 bits per heavy atom. The minimum Gasteiger partial charge on any atom is -0.399 e. The molecule has 2 aromatic carbocycles. The Bertz CT molecular complexity index is 780.